The van der Waals surface area contributed by atoms with E-state index >= 15 is 0 Å². The van der Waals surface area contributed by atoms with Crippen LogP contribution in [-0.2, 0) is 18.9 Å². The molecule has 0 amide bonds. The van der Waals surface area contributed by atoms with E-state index in [2.05, 4.69) is 17.2 Å². The van der Waals surface area contributed by atoms with Gasteiger partial charge in [-0.15, -0.1) is 6.58 Å². The van der Waals surface area contributed by atoms with E-state index in [-0.39, 0.29) is 6.10 Å². The molecule has 0 aromatic heterocycles. The molecule has 21 heavy (non-hydrogen) atoms. The van der Waals surface area contributed by atoms with Crippen LogP contribution in [0.15, 0.2) is 12.7 Å². The standard InChI is InChI=1S/C15H30N2O4/c1-2-3-15-14-20-10-6-16-4-8-18-12-13-19-9-5-17-7-11-21-15/h2,15-17H,1,3-14H2. The van der Waals surface area contributed by atoms with Gasteiger partial charge in [0.2, 0.25) is 0 Å². The molecule has 1 saturated heterocycles. The molecule has 0 saturated carbocycles. The van der Waals surface area contributed by atoms with Gasteiger partial charge in [0.1, 0.15) is 0 Å². The zero-order chi connectivity index (χ0) is 15.0. The molecule has 1 heterocycles. The van der Waals surface area contributed by atoms with Crippen molar-refractivity contribution < 1.29 is 18.9 Å². The van der Waals surface area contributed by atoms with Gasteiger partial charge in [-0.1, -0.05) is 6.08 Å². The molecule has 2 N–H and O–H groups in total. The summed E-state index contributed by atoms with van der Waals surface area (Å²) in [6, 6.07) is 0. The fourth-order valence-electron chi connectivity index (χ4n) is 1.89. The largest absolute Gasteiger partial charge is 0.378 e. The van der Waals surface area contributed by atoms with Crippen LogP contribution in [0.3, 0.4) is 0 Å². The van der Waals surface area contributed by atoms with Crippen molar-refractivity contribution in [3.05, 3.63) is 12.7 Å². The zero-order valence-electron chi connectivity index (χ0n) is 13.0. The highest BCUT2D eigenvalue weighted by Gasteiger charge is 2.07. The molecule has 1 atom stereocenters. The van der Waals surface area contributed by atoms with Gasteiger partial charge in [0, 0.05) is 26.2 Å². The molecule has 1 aliphatic heterocycles. The lowest BCUT2D eigenvalue weighted by Crippen LogP contribution is -2.30. The van der Waals surface area contributed by atoms with Gasteiger partial charge in [0.25, 0.3) is 0 Å². The summed E-state index contributed by atoms with van der Waals surface area (Å²) in [4.78, 5) is 0. The van der Waals surface area contributed by atoms with Gasteiger partial charge in [-0.3, -0.25) is 0 Å². The van der Waals surface area contributed by atoms with Gasteiger partial charge >= 0.3 is 0 Å². The minimum atomic E-state index is 0.0859. The van der Waals surface area contributed by atoms with E-state index in [4.69, 9.17) is 18.9 Å². The molecule has 6 heteroatoms. The topological polar surface area (TPSA) is 61.0 Å². The molecule has 124 valence electrons. The fraction of sp³-hybridized carbons (Fsp3) is 0.867. The molecule has 1 fully saturated rings. The van der Waals surface area contributed by atoms with E-state index < -0.39 is 0 Å². The van der Waals surface area contributed by atoms with Crippen LogP contribution in [0.25, 0.3) is 0 Å². The lowest BCUT2D eigenvalue weighted by atomic mass is 10.2. The van der Waals surface area contributed by atoms with Crippen molar-refractivity contribution in [2.75, 3.05) is 72.4 Å². The summed E-state index contributed by atoms with van der Waals surface area (Å²) in [5.41, 5.74) is 0. The Labute approximate surface area is 128 Å². The van der Waals surface area contributed by atoms with Crippen LogP contribution in [0.4, 0.5) is 0 Å². The van der Waals surface area contributed by atoms with Crippen LogP contribution in [0.5, 0.6) is 0 Å². The van der Waals surface area contributed by atoms with Crippen LogP contribution in [-0.4, -0.2) is 78.5 Å². The van der Waals surface area contributed by atoms with E-state index in [0.717, 1.165) is 32.6 Å². The number of ether oxygens (including phenoxy) is 4. The second-order valence-electron chi connectivity index (χ2n) is 4.82. The first-order valence-electron chi connectivity index (χ1n) is 7.80. The van der Waals surface area contributed by atoms with Gasteiger partial charge in [-0.25, -0.2) is 0 Å². The SMILES string of the molecule is C=CCC1COCCNCCOCCOCCNCCO1. The van der Waals surface area contributed by atoms with Crippen molar-refractivity contribution >= 4 is 0 Å². The molecule has 0 spiro atoms. The van der Waals surface area contributed by atoms with Crippen LogP contribution >= 0.6 is 0 Å². The van der Waals surface area contributed by atoms with Gasteiger partial charge < -0.3 is 29.6 Å². The molecular weight excluding hydrogens is 272 g/mol. The molecule has 0 bridgehead atoms. The summed E-state index contributed by atoms with van der Waals surface area (Å²) in [6.45, 7) is 11.7. The summed E-state index contributed by atoms with van der Waals surface area (Å²) >= 11 is 0. The summed E-state index contributed by atoms with van der Waals surface area (Å²) in [5.74, 6) is 0. The van der Waals surface area contributed by atoms with Crippen molar-refractivity contribution in [3.8, 4) is 0 Å². The Morgan fingerprint density at radius 1 is 0.810 bits per heavy atom. The maximum Gasteiger partial charge on any atom is 0.0843 e. The molecule has 0 aliphatic carbocycles. The predicted octanol–water partition coefficient (Wildman–Crippen LogP) is 0.190. The molecule has 1 unspecified atom stereocenters. The summed E-state index contributed by atoms with van der Waals surface area (Å²) in [6.07, 6.45) is 2.77. The Bertz CT molecular complexity index is 224. The van der Waals surface area contributed by atoms with Crippen molar-refractivity contribution in [3.63, 3.8) is 0 Å². The van der Waals surface area contributed by atoms with Crippen LogP contribution < -0.4 is 10.6 Å². The molecule has 6 nitrogen and oxygen atoms in total. The number of hydrogen-bond donors (Lipinski definition) is 2. The average molecular weight is 302 g/mol. The van der Waals surface area contributed by atoms with Crippen molar-refractivity contribution in [1.82, 2.24) is 10.6 Å². The zero-order valence-corrected chi connectivity index (χ0v) is 13.0. The van der Waals surface area contributed by atoms with Gasteiger partial charge in [-0.2, -0.15) is 0 Å². The van der Waals surface area contributed by atoms with Gasteiger partial charge in [0.05, 0.1) is 52.4 Å². The van der Waals surface area contributed by atoms with E-state index in [1.807, 2.05) is 6.08 Å². The monoisotopic (exact) mass is 302 g/mol. The normalized spacial score (nSPS) is 25.6. The lowest BCUT2D eigenvalue weighted by Gasteiger charge is -2.17. The third-order valence-electron chi connectivity index (χ3n) is 3.01. The van der Waals surface area contributed by atoms with Crippen molar-refractivity contribution in [2.45, 2.75) is 12.5 Å². The average Bonchev–Trinajstić information content (AvgIpc) is 2.49. The maximum atomic E-state index is 5.79. The fourth-order valence-corrected chi connectivity index (χ4v) is 1.89. The first-order chi connectivity index (χ1) is 10.4. The molecular formula is C15H30N2O4. The Kier molecular flexibility index (Phi) is 12.8. The van der Waals surface area contributed by atoms with Gasteiger partial charge in [-0.05, 0) is 6.42 Å². The summed E-state index contributed by atoms with van der Waals surface area (Å²) < 4.78 is 22.3. The molecule has 1 aliphatic rings. The summed E-state index contributed by atoms with van der Waals surface area (Å²) in [7, 11) is 0. The first kappa shape index (κ1) is 18.5. The van der Waals surface area contributed by atoms with E-state index in [1.165, 1.54) is 0 Å². The minimum Gasteiger partial charge on any atom is -0.378 e. The second-order valence-corrected chi connectivity index (χ2v) is 4.82. The molecule has 0 aromatic rings. The minimum absolute atomic E-state index is 0.0859. The second kappa shape index (κ2) is 14.4. The first-order valence-corrected chi connectivity index (χ1v) is 7.80. The third kappa shape index (κ3) is 11.8. The lowest BCUT2D eigenvalue weighted by molar-refractivity contribution is -0.0139. The molecule has 0 radical (unpaired) electrons. The Morgan fingerprint density at radius 3 is 2.00 bits per heavy atom. The Balaban J connectivity index is 2.19. The molecule has 0 aromatic carbocycles. The van der Waals surface area contributed by atoms with E-state index in [0.29, 0.717) is 46.2 Å². The summed E-state index contributed by atoms with van der Waals surface area (Å²) in [5, 5.41) is 6.56. The van der Waals surface area contributed by atoms with Crippen molar-refractivity contribution in [1.29, 1.82) is 0 Å². The highest BCUT2D eigenvalue weighted by atomic mass is 16.5. The third-order valence-corrected chi connectivity index (χ3v) is 3.01. The Hall–Kier alpha value is -0.500. The van der Waals surface area contributed by atoms with E-state index in [9.17, 15) is 0 Å². The number of rotatable bonds is 2. The quantitative estimate of drug-likeness (QED) is 0.710. The van der Waals surface area contributed by atoms with Crippen LogP contribution in [0.2, 0.25) is 0 Å². The highest BCUT2D eigenvalue weighted by molar-refractivity contribution is 4.73. The maximum absolute atomic E-state index is 5.79. The van der Waals surface area contributed by atoms with E-state index in [1.54, 1.807) is 0 Å². The number of nitrogens with one attached hydrogen (secondary N) is 2. The van der Waals surface area contributed by atoms with Gasteiger partial charge in [0.15, 0.2) is 0 Å². The Morgan fingerprint density at radius 2 is 1.38 bits per heavy atom. The smallest absolute Gasteiger partial charge is 0.0843 e. The van der Waals surface area contributed by atoms with Crippen LogP contribution in [0, 0.1) is 0 Å². The van der Waals surface area contributed by atoms with Crippen LogP contribution in [0.1, 0.15) is 6.42 Å². The highest BCUT2D eigenvalue weighted by Crippen LogP contribution is 2.00. The molecule has 1 rings (SSSR count). The predicted molar refractivity (Wildman–Crippen MR) is 82.8 cm³/mol. The number of hydrogen-bond acceptors (Lipinski definition) is 6. The van der Waals surface area contributed by atoms with Crippen molar-refractivity contribution in [2.24, 2.45) is 0 Å².